The average Bonchev–Trinajstić information content (AvgIpc) is 2.43. The normalized spacial score (nSPS) is 12.2. The third-order valence-electron chi connectivity index (χ3n) is 3.20. The molecule has 0 saturated carbocycles. The summed E-state index contributed by atoms with van der Waals surface area (Å²) in [4.78, 5) is 0. The topological polar surface area (TPSA) is 30.5 Å². The van der Waals surface area contributed by atoms with Gasteiger partial charge in [0.2, 0.25) is 0 Å². The fourth-order valence-corrected chi connectivity index (χ4v) is 2.07. The fourth-order valence-electron chi connectivity index (χ4n) is 2.07. The van der Waals surface area contributed by atoms with Crippen LogP contribution in [0.5, 0.6) is 11.5 Å². The first-order valence-electron chi connectivity index (χ1n) is 6.69. The van der Waals surface area contributed by atoms with Crippen molar-refractivity contribution in [3.8, 4) is 11.5 Å². The van der Waals surface area contributed by atoms with E-state index in [0.29, 0.717) is 6.04 Å². The van der Waals surface area contributed by atoms with Gasteiger partial charge < -0.3 is 14.8 Å². The Kier molecular flexibility index (Phi) is 6.58. The van der Waals surface area contributed by atoms with Crippen molar-refractivity contribution in [3.63, 3.8) is 0 Å². The quantitative estimate of drug-likeness (QED) is 0.768. The van der Waals surface area contributed by atoms with E-state index in [4.69, 9.17) is 9.47 Å². The minimum absolute atomic E-state index is 0.575. The molecule has 0 spiro atoms. The lowest BCUT2D eigenvalue weighted by Gasteiger charge is -2.17. The van der Waals surface area contributed by atoms with Crippen LogP contribution >= 0.6 is 0 Å². The first-order valence-corrected chi connectivity index (χ1v) is 6.69. The minimum atomic E-state index is 0.575. The van der Waals surface area contributed by atoms with E-state index in [-0.39, 0.29) is 0 Å². The Hall–Kier alpha value is -1.22. The van der Waals surface area contributed by atoms with E-state index in [1.54, 1.807) is 14.2 Å². The van der Waals surface area contributed by atoms with E-state index in [2.05, 4.69) is 19.2 Å². The molecule has 1 N–H and O–H groups in total. The zero-order valence-electron chi connectivity index (χ0n) is 12.0. The molecule has 1 aromatic carbocycles. The molecule has 3 nitrogen and oxygen atoms in total. The maximum absolute atomic E-state index is 5.38. The SMILES string of the molecule is CCCC(CC)NCc1cc(OC)ccc1OC. The highest BCUT2D eigenvalue weighted by Crippen LogP contribution is 2.24. The molecule has 1 atom stereocenters. The number of hydrogen-bond donors (Lipinski definition) is 1. The zero-order chi connectivity index (χ0) is 13.4. The van der Waals surface area contributed by atoms with Gasteiger partial charge in [-0.1, -0.05) is 20.3 Å². The Morgan fingerprint density at radius 2 is 1.94 bits per heavy atom. The van der Waals surface area contributed by atoms with Gasteiger partial charge >= 0.3 is 0 Å². The second kappa shape index (κ2) is 7.98. The van der Waals surface area contributed by atoms with Crippen molar-refractivity contribution in [2.75, 3.05) is 14.2 Å². The third-order valence-corrected chi connectivity index (χ3v) is 3.20. The lowest BCUT2D eigenvalue weighted by Crippen LogP contribution is -2.27. The number of ether oxygens (including phenoxy) is 2. The molecule has 1 unspecified atom stereocenters. The Bertz CT molecular complexity index is 352. The van der Waals surface area contributed by atoms with E-state index >= 15 is 0 Å². The van der Waals surface area contributed by atoms with E-state index in [0.717, 1.165) is 30.0 Å². The average molecular weight is 251 g/mol. The maximum atomic E-state index is 5.38. The second-order valence-corrected chi connectivity index (χ2v) is 4.45. The van der Waals surface area contributed by atoms with Crippen LogP contribution in [0.15, 0.2) is 18.2 Å². The van der Waals surface area contributed by atoms with Crippen molar-refractivity contribution < 1.29 is 9.47 Å². The molecular formula is C15H25NO2. The molecule has 1 aromatic rings. The molecule has 0 heterocycles. The number of rotatable bonds is 8. The highest BCUT2D eigenvalue weighted by Gasteiger charge is 2.08. The van der Waals surface area contributed by atoms with E-state index in [9.17, 15) is 0 Å². The van der Waals surface area contributed by atoms with Crippen molar-refractivity contribution in [1.29, 1.82) is 0 Å². The highest BCUT2D eigenvalue weighted by atomic mass is 16.5. The Balaban J connectivity index is 2.69. The summed E-state index contributed by atoms with van der Waals surface area (Å²) >= 11 is 0. The summed E-state index contributed by atoms with van der Waals surface area (Å²) < 4.78 is 10.6. The summed E-state index contributed by atoms with van der Waals surface area (Å²) in [5.41, 5.74) is 1.14. The van der Waals surface area contributed by atoms with Gasteiger partial charge in [-0.2, -0.15) is 0 Å². The number of nitrogens with one attached hydrogen (secondary N) is 1. The van der Waals surface area contributed by atoms with Gasteiger partial charge in [-0.05, 0) is 31.0 Å². The van der Waals surface area contributed by atoms with Crippen molar-refractivity contribution in [1.82, 2.24) is 5.32 Å². The Morgan fingerprint density at radius 3 is 2.50 bits per heavy atom. The molecule has 3 heteroatoms. The molecule has 0 aliphatic carbocycles. The molecule has 0 aromatic heterocycles. The van der Waals surface area contributed by atoms with Gasteiger partial charge in [0.1, 0.15) is 11.5 Å². The van der Waals surface area contributed by atoms with Crippen LogP contribution < -0.4 is 14.8 Å². The van der Waals surface area contributed by atoms with Gasteiger partial charge in [-0.25, -0.2) is 0 Å². The highest BCUT2D eigenvalue weighted by molar-refractivity contribution is 5.40. The van der Waals surface area contributed by atoms with Crippen molar-refractivity contribution in [2.24, 2.45) is 0 Å². The van der Waals surface area contributed by atoms with Crippen molar-refractivity contribution >= 4 is 0 Å². The lowest BCUT2D eigenvalue weighted by atomic mass is 10.1. The molecule has 0 bridgehead atoms. The summed E-state index contributed by atoms with van der Waals surface area (Å²) in [7, 11) is 3.39. The smallest absolute Gasteiger partial charge is 0.123 e. The molecule has 0 amide bonds. The van der Waals surface area contributed by atoms with E-state index in [1.165, 1.54) is 12.8 Å². The number of methoxy groups -OCH3 is 2. The van der Waals surface area contributed by atoms with Crippen molar-refractivity contribution in [2.45, 2.75) is 45.7 Å². The summed E-state index contributed by atoms with van der Waals surface area (Å²) in [6.07, 6.45) is 3.57. The van der Waals surface area contributed by atoms with Gasteiger partial charge in [-0.3, -0.25) is 0 Å². The number of hydrogen-bond acceptors (Lipinski definition) is 3. The van der Waals surface area contributed by atoms with E-state index in [1.807, 2.05) is 18.2 Å². The van der Waals surface area contributed by atoms with Gasteiger partial charge in [0.05, 0.1) is 14.2 Å². The zero-order valence-corrected chi connectivity index (χ0v) is 12.0. The summed E-state index contributed by atoms with van der Waals surface area (Å²) in [6.45, 7) is 5.26. The first-order chi connectivity index (χ1) is 8.74. The third kappa shape index (κ3) is 4.22. The second-order valence-electron chi connectivity index (χ2n) is 4.45. The number of benzene rings is 1. The van der Waals surface area contributed by atoms with Crippen molar-refractivity contribution in [3.05, 3.63) is 23.8 Å². The summed E-state index contributed by atoms with van der Waals surface area (Å²) in [6, 6.07) is 6.48. The summed E-state index contributed by atoms with van der Waals surface area (Å²) in [5.74, 6) is 1.78. The van der Waals surface area contributed by atoms with Crippen LogP contribution in [0.4, 0.5) is 0 Å². The monoisotopic (exact) mass is 251 g/mol. The van der Waals surface area contributed by atoms with Crippen LogP contribution in [0.3, 0.4) is 0 Å². The first kappa shape index (κ1) is 14.8. The van der Waals surface area contributed by atoms with Gasteiger partial charge in [-0.15, -0.1) is 0 Å². The van der Waals surface area contributed by atoms with Crippen LogP contribution in [0.1, 0.15) is 38.7 Å². The summed E-state index contributed by atoms with van der Waals surface area (Å²) in [5, 5.41) is 3.58. The van der Waals surface area contributed by atoms with Gasteiger partial charge in [0, 0.05) is 18.2 Å². The van der Waals surface area contributed by atoms with Gasteiger partial charge in [0.25, 0.3) is 0 Å². The largest absolute Gasteiger partial charge is 0.497 e. The molecule has 1 rings (SSSR count). The minimum Gasteiger partial charge on any atom is -0.497 e. The Labute approximate surface area is 110 Å². The molecule has 0 fully saturated rings. The predicted molar refractivity (Wildman–Crippen MR) is 75.4 cm³/mol. The van der Waals surface area contributed by atoms with E-state index < -0.39 is 0 Å². The molecule has 0 aliphatic heterocycles. The molecule has 0 radical (unpaired) electrons. The van der Waals surface area contributed by atoms with Crippen LogP contribution in [-0.4, -0.2) is 20.3 Å². The van der Waals surface area contributed by atoms with Crippen LogP contribution in [-0.2, 0) is 6.54 Å². The molecule has 0 saturated heterocycles. The molecular weight excluding hydrogens is 226 g/mol. The molecule has 102 valence electrons. The van der Waals surface area contributed by atoms with Crippen LogP contribution in [0.2, 0.25) is 0 Å². The molecule has 18 heavy (non-hydrogen) atoms. The lowest BCUT2D eigenvalue weighted by molar-refractivity contribution is 0.392. The van der Waals surface area contributed by atoms with Crippen LogP contribution in [0.25, 0.3) is 0 Å². The molecule has 0 aliphatic rings. The van der Waals surface area contributed by atoms with Crippen LogP contribution in [0, 0.1) is 0 Å². The van der Waals surface area contributed by atoms with Gasteiger partial charge in [0.15, 0.2) is 0 Å². The maximum Gasteiger partial charge on any atom is 0.123 e. The standard InChI is InChI=1S/C15H25NO2/c1-5-7-13(6-2)16-11-12-10-14(17-3)8-9-15(12)18-4/h8-10,13,16H,5-7,11H2,1-4H3. The predicted octanol–water partition coefficient (Wildman–Crippen LogP) is 3.37. The Morgan fingerprint density at radius 1 is 1.17 bits per heavy atom. The fraction of sp³-hybridized carbons (Fsp3) is 0.600.